The van der Waals surface area contributed by atoms with E-state index in [2.05, 4.69) is 5.16 Å². The van der Waals surface area contributed by atoms with Crippen LogP contribution in [-0.4, -0.2) is 16.5 Å². The molecule has 0 atom stereocenters. The summed E-state index contributed by atoms with van der Waals surface area (Å²) >= 11 is 0. The molecule has 0 unspecified atom stereocenters. The molecule has 0 bridgehead atoms. The minimum atomic E-state index is 0.232. The fraction of sp³-hybridized carbons (Fsp3) is 0. The van der Waals surface area contributed by atoms with Crippen LogP contribution < -0.4 is 0 Å². The fourth-order valence-electron chi connectivity index (χ4n) is 1.40. The van der Waals surface area contributed by atoms with Gasteiger partial charge in [-0.1, -0.05) is 23.4 Å². The summed E-state index contributed by atoms with van der Waals surface area (Å²) in [5, 5.41) is 22.5. The molecule has 3 nitrogen and oxygen atoms in total. The lowest BCUT2D eigenvalue weighted by Gasteiger charge is -1.99. The number of fused-ring (bicyclic) bond motifs is 1. The molecule has 2 aromatic carbocycles. The van der Waals surface area contributed by atoms with E-state index < -0.39 is 0 Å². The van der Waals surface area contributed by atoms with Crippen LogP contribution in [0.15, 0.2) is 41.6 Å². The molecule has 0 aromatic heterocycles. The van der Waals surface area contributed by atoms with Gasteiger partial charge >= 0.3 is 0 Å². The van der Waals surface area contributed by atoms with Crippen molar-refractivity contribution in [2.45, 2.75) is 0 Å². The van der Waals surface area contributed by atoms with Gasteiger partial charge < -0.3 is 10.3 Å². The number of benzene rings is 2. The molecule has 14 heavy (non-hydrogen) atoms. The molecule has 70 valence electrons. The zero-order valence-electron chi connectivity index (χ0n) is 7.38. The van der Waals surface area contributed by atoms with Crippen LogP contribution in [0.3, 0.4) is 0 Å². The first kappa shape index (κ1) is 8.56. The van der Waals surface area contributed by atoms with Gasteiger partial charge in [0.15, 0.2) is 0 Å². The van der Waals surface area contributed by atoms with E-state index in [0.717, 1.165) is 16.3 Å². The van der Waals surface area contributed by atoms with Gasteiger partial charge in [0.25, 0.3) is 0 Å². The summed E-state index contributed by atoms with van der Waals surface area (Å²) < 4.78 is 0. The van der Waals surface area contributed by atoms with Crippen molar-refractivity contribution in [2.24, 2.45) is 5.16 Å². The summed E-state index contributed by atoms with van der Waals surface area (Å²) in [6, 6.07) is 10.7. The Morgan fingerprint density at radius 1 is 1.00 bits per heavy atom. The molecule has 2 N–H and O–H groups in total. The molecular formula is C11H9NO2. The third-order valence-electron chi connectivity index (χ3n) is 2.05. The summed E-state index contributed by atoms with van der Waals surface area (Å²) in [6.07, 6.45) is 1.35. The second-order valence-electron chi connectivity index (χ2n) is 3.04. The second-order valence-corrected chi connectivity index (χ2v) is 3.04. The van der Waals surface area contributed by atoms with Gasteiger partial charge in [-0.05, 0) is 34.5 Å². The number of nitrogens with zero attached hydrogens (tertiary/aromatic N) is 1. The van der Waals surface area contributed by atoms with Gasteiger partial charge in [-0.3, -0.25) is 0 Å². The number of phenols is 1. The molecule has 0 saturated carbocycles. The average molecular weight is 187 g/mol. The highest BCUT2D eigenvalue weighted by atomic mass is 16.4. The Hall–Kier alpha value is -2.03. The highest BCUT2D eigenvalue weighted by Crippen LogP contribution is 2.20. The van der Waals surface area contributed by atoms with E-state index in [0.29, 0.717) is 0 Å². The maximum absolute atomic E-state index is 9.27. The minimum Gasteiger partial charge on any atom is -0.508 e. The summed E-state index contributed by atoms with van der Waals surface area (Å²) in [4.78, 5) is 0. The van der Waals surface area contributed by atoms with Gasteiger partial charge in [0.2, 0.25) is 0 Å². The van der Waals surface area contributed by atoms with Crippen LogP contribution in [0.5, 0.6) is 5.75 Å². The van der Waals surface area contributed by atoms with Crippen LogP contribution in [0.1, 0.15) is 5.56 Å². The molecule has 0 fully saturated rings. The van der Waals surface area contributed by atoms with Gasteiger partial charge in [-0.15, -0.1) is 0 Å². The predicted octanol–water partition coefficient (Wildman–Crippen LogP) is 2.35. The van der Waals surface area contributed by atoms with Crippen LogP contribution in [0.4, 0.5) is 0 Å². The lowest BCUT2D eigenvalue weighted by atomic mass is 10.1. The van der Waals surface area contributed by atoms with Crippen molar-refractivity contribution in [1.29, 1.82) is 0 Å². The van der Waals surface area contributed by atoms with Crippen LogP contribution >= 0.6 is 0 Å². The monoisotopic (exact) mass is 187 g/mol. The molecule has 0 amide bonds. The van der Waals surface area contributed by atoms with Gasteiger partial charge in [0, 0.05) is 0 Å². The summed E-state index contributed by atoms with van der Waals surface area (Å²) in [5.74, 6) is 0.232. The SMILES string of the molecule is O/N=C/c1ccc2ccc(O)cc2c1. The second kappa shape index (κ2) is 3.38. The highest BCUT2D eigenvalue weighted by Gasteiger charge is 1.96. The number of oxime groups is 1. The van der Waals surface area contributed by atoms with Crippen molar-refractivity contribution in [3.8, 4) is 5.75 Å². The smallest absolute Gasteiger partial charge is 0.116 e. The van der Waals surface area contributed by atoms with E-state index in [1.165, 1.54) is 6.21 Å². The molecule has 2 rings (SSSR count). The molecule has 0 aliphatic carbocycles. The third kappa shape index (κ3) is 1.52. The fourth-order valence-corrected chi connectivity index (χ4v) is 1.40. The molecule has 0 radical (unpaired) electrons. The molecule has 0 heterocycles. The molecular weight excluding hydrogens is 178 g/mol. The van der Waals surface area contributed by atoms with Crippen molar-refractivity contribution in [2.75, 3.05) is 0 Å². The zero-order chi connectivity index (χ0) is 9.97. The Labute approximate surface area is 80.9 Å². The standard InChI is InChI=1S/C11H9NO2/c13-11-4-3-9-2-1-8(7-12-14)5-10(9)6-11/h1-7,13-14H/b12-7+. The maximum atomic E-state index is 9.27. The van der Waals surface area contributed by atoms with Crippen LogP contribution in [0, 0.1) is 0 Å². The zero-order valence-corrected chi connectivity index (χ0v) is 7.38. The van der Waals surface area contributed by atoms with Crippen molar-refractivity contribution in [3.63, 3.8) is 0 Å². The summed E-state index contributed by atoms with van der Waals surface area (Å²) in [6.45, 7) is 0. The third-order valence-corrected chi connectivity index (χ3v) is 2.05. The largest absolute Gasteiger partial charge is 0.508 e. The van der Waals surface area contributed by atoms with Gasteiger partial charge in [0.05, 0.1) is 6.21 Å². The van der Waals surface area contributed by atoms with E-state index >= 15 is 0 Å². The molecule has 0 aliphatic rings. The van der Waals surface area contributed by atoms with Gasteiger partial charge in [0.1, 0.15) is 5.75 Å². The Balaban J connectivity index is 2.63. The van der Waals surface area contributed by atoms with Crippen molar-refractivity contribution >= 4 is 17.0 Å². The first-order valence-corrected chi connectivity index (χ1v) is 4.20. The first-order chi connectivity index (χ1) is 6.79. The van der Waals surface area contributed by atoms with E-state index in [-0.39, 0.29) is 5.75 Å². The number of hydrogen-bond acceptors (Lipinski definition) is 3. The van der Waals surface area contributed by atoms with Crippen molar-refractivity contribution < 1.29 is 10.3 Å². The van der Waals surface area contributed by atoms with Gasteiger partial charge in [-0.2, -0.15) is 0 Å². The van der Waals surface area contributed by atoms with E-state index in [1.54, 1.807) is 12.1 Å². The predicted molar refractivity (Wildman–Crippen MR) is 55.0 cm³/mol. The number of rotatable bonds is 1. The van der Waals surface area contributed by atoms with Crippen LogP contribution in [-0.2, 0) is 0 Å². The first-order valence-electron chi connectivity index (χ1n) is 4.20. The molecule has 0 spiro atoms. The maximum Gasteiger partial charge on any atom is 0.116 e. The van der Waals surface area contributed by atoms with Crippen LogP contribution in [0.2, 0.25) is 0 Å². The molecule has 0 saturated heterocycles. The minimum absolute atomic E-state index is 0.232. The Morgan fingerprint density at radius 3 is 2.57 bits per heavy atom. The normalized spacial score (nSPS) is 11.1. The quantitative estimate of drug-likeness (QED) is 0.409. The Bertz CT molecular complexity index is 492. The highest BCUT2D eigenvalue weighted by molar-refractivity contribution is 5.90. The van der Waals surface area contributed by atoms with Gasteiger partial charge in [-0.25, -0.2) is 0 Å². The lowest BCUT2D eigenvalue weighted by molar-refractivity contribution is 0.322. The van der Waals surface area contributed by atoms with E-state index in [9.17, 15) is 5.11 Å². The lowest BCUT2D eigenvalue weighted by Crippen LogP contribution is -1.81. The number of hydrogen-bond donors (Lipinski definition) is 2. The molecule has 3 heteroatoms. The van der Waals surface area contributed by atoms with Crippen molar-refractivity contribution in [3.05, 3.63) is 42.0 Å². The Morgan fingerprint density at radius 2 is 1.79 bits per heavy atom. The number of phenolic OH excluding ortho intramolecular Hbond substituents is 1. The van der Waals surface area contributed by atoms with Crippen LogP contribution in [0.25, 0.3) is 10.8 Å². The van der Waals surface area contributed by atoms with Crippen molar-refractivity contribution in [1.82, 2.24) is 0 Å². The Kier molecular flexibility index (Phi) is 2.07. The van der Waals surface area contributed by atoms with E-state index in [4.69, 9.17) is 5.21 Å². The number of aromatic hydroxyl groups is 1. The average Bonchev–Trinajstić information content (AvgIpc) is 2.17. The molecule has 0 aliphatic heterocycles. The van der Waals surface area contributed by atoms with E-state index in [1.807, 2.05) is 24.3 Å². The topological polar surface area (TPSA) is 52.8 Å². The summed E-state index contributed by atoms with van der Waals surface area (Å²) in [5.41, 5.74) is 0.797. The summed E-state index contributed by atoms with van der Waals surface area (Å²) in [7, 11) is 0. The molecule has 2 aromatic rings.